The Morgan fingerprint density at radius 3 is 2.47 bits per heavy atom. The maximum Gasteiger partial charge on any atom is 0.149 e. The van der Waals surface area contributed by atoms with Gasteiger partial charge in [0.15, 0.2) is 0 Å². The van der Waals surface area contributed by atoms with Crippen LogP contribution in [0.1, 0.15) is 44.1 Å². The van der Waals surface area contributed by atoms with Gasteiger partial charge < -0.3 is 0 Å². The van der Waals surface area contributed by atoms with E-state index in [-0.39, 0.29) is 29.2 Å². The SMILES string of the molecule is C[C@@H]1C[C@H](c2ccc(F)cc2)[C@@]2(CCCC2=O)C1=O. The molecule has 1 aromatic carbocycles. The third kappa shape index (κ3) is 1.67. The number of hydrogen-bond acceptors (Lipinski definition) is 2. The van der Waals surface area contributed by atoms with Crippen molar-refractivity contribution >= 4 is 11.6 Å². The largest absolute Gasteiger partial charge is 0.299 e. The minimum Gasteiger partial charge on any atom is -0.299 e. The monoisotopic (exact) mass is 260 g/mol. The second-order valence-corrected chi connectivity index (χ2v) is 5.85. The summed E-state index contributed by atoms with van der Waals surface area (Å²) in [5.74, 6) is -0.226. The Morgan fingerprint density at radius 2 is 1.89 bits per heavy atom. The number of carbonyl (C=O) groups is 2. The lowest BCUT2D eigenvalue weighted by Gasteiger charge is -2.28. The van der Waals surface area contributed by atoms with Gasteiger partial charge in [-0.2, -0.15) is 0 Å². The number of rotatable bonds is 1. The summed E-state index contributed by atoms with van der Waals surface area (Å²) < 4.78 is 13.0. The fraction of sp³-hybridized carbons (Fsp3) is 0.500. The molecule has 0 bridgehead atoms. The lowest BCUT2D eigenvalue weighted by molar-refractivity contribution is -0.138. The average molecular weight is 260 g/mol. The summed E-state index contributed by atoms with van der Waals surface area (Å²) in [6.45, 7) is 1.90. The predicted molar refractivity (Wildman–Crippen MR) is 69.2 cm³/mol. The van der Waals surface area contributed by atoms with Gasteiger partial charge in [0.05, 0.1) is 5.41 Å². The van der Waals surface area contributed by atoms with E-state index in [9.17, 15) is 14.0 Å². The maximum atomic E-state index is 13.0. The highest BCUT2D eigenvalue weighted by molar-refractivity contribution is 6.11. The topological polar surface area (TPSA) is 34.1 Å². The molecule has 2 fully saturated rings. The van der Waals surface area contributed by atoms with Crippen molar-refractivity contribution in [2.75, 3.05) is 0 Å². The van der Waals surface area contributed by atoms with E-state index in [4.69, 9.17) is 0 Å². The van der Waals surface area contributed by atoms with Crippen LogP contribution in [0.3, 0.4) is 0 Å². The third-order valence-electron chi connectivity index (χ3n) is 4.82. The molecule has 3 rings (SSSR count). The van der Waals surface area contributed by atoms with Crippen LogP contribution in [0.4, 0.5) is 4.39 Å². The standard InChI is InChI=1S/C16H17FO2/c1-10-9-13(11-4-6-12(17)7-5-11)16(15(10)19)8-2-3-14(16)18/h4-7,10,13H,2-3,8-9H2,1H3/t10-,13-,16-/m1/s1. The number of carbonyl (C=O) groups excluding carboxylic acids is 2. The molecule has 1 aromatic rings. The summed E-state index contributed by atoms with van der Waals surface area (Å²) in [5, 5.41) is 0. The van der Waals surface area contributed by atoms with Crippen molar-refractivity contribution in [3.05, 3.63) is 35.6 Å². The Bertz CT molecular complexity index is 534. The van der Waals surface area contributed by atoms with Gasteiger partial charge in [0.2, 0.25) is 0 Å². The van der Waals surface area contributed by atoms with Crippen LogP contribution in [0, 0.1) is 17.2 Å². The second kappa shape index (κ2) is 4.26. The zero-order valence-corrected chi connectivity index (χ0v) is 11.0. The number of halogens is 1. The predicted octanol–water partition coefficient (Wildman–Crippen LogP) is 3.26. The van der Waals surface area contributed by atoms with Crippen LogP contribution in [0.25, 0.3) is 0 Å². The average Bonchev–Trinajstić information content (AvgIpc) is 2.89. The van der Waals surface area contributed by atoms with Crippen LogP contribution in [-0.2, 0) is 9.59 Å². The van der Waals surface area contributed by atoms with Crippen molar-refractivity contribution in [2.24, 2.45) is 11.3 Å². The van der Waals surface area contributed by atoms with Crippen LogP contribution in [0.5, 0.6) is 0 Å². The minimum atomic E-state index is -0.808. The number of benzene rings is 1. The molecule has 0 saturated heterocycles. The third-order valence-corrected chi connectivity index (χ3v) is 4.82. The van der Waals surface area contributed by atoms with Crippen molar-refractivity contribution in [1.29, 1.82) is 0 Å². The van der Waals surface area contributed by atoms with Gasteiger partial charge >= 0.3 is 0 Å². The Hall–Kier alpha value is -1.51. The van der Waals surface area contributed by atoms with E-state index in [0.29, 0.717) is 19.3 Å². The van der Waals surface area contributed by atoms with Gasteiger partial charge in [0, 0.05) is 18.3 Å². The molecule has 1 spiro atoms. The Labute approximate surface area is 112 Å². The highest BCUT2D eigenvalue weighted by Gasteiger charge is 2.59. The van der Waals surface area contributed by atoms with Gasteiger partial charge in [-0.1, -0.05) is 19.1 Å². The summed E-state index contributed by atoms with van der Waals surface area (Å²) in [7, 11) is 0. The van der Waals surface area contributed by atoms with E-state index in [0.717, 1.165) is 12.0 Å². The van der Waals surface area contributed by atoms with Crippen LogP contribution >= 0.6 is 0 Å². The zero-order valence-electron chi connectivity index (χ0n) is 11.0. The van der Waals surface area contributed by atoms with Crippen molar-refractivity contribution in [2.45, 2.75) is 38.5 Å². The number of hydrogen-bond donors (Lipinski definition) is 0. The van der Waals surface area contributed by atoms with Gasteiger partial charge in [-0.05, 0) is 37.0 Å². The first-order valence-electron chi connectivity index (χ1n) is 6.89. The molecule has 0 amide bonds. The lowest BCUT2D eigenvalue weighted by Crippen LogP contribution is -2.36. The molecule has 19 heavy (non-hydrogen) atoms. The fourth-order valence-electron chi connectivity index (χ4n) is 3.91. The van der Waals surface area contributed by atoms with Gasteiger partial charge in [0.25, 0.3) is 0 Å². The van der Waals surface area contributed by atoms with Crippen LogP contribution in [0.2, 0.25) is 0 Å². The van der Waals surface area contributed by atoms with Crippen molar-refractivity contribution in [1.82, 2.24) is 0 Å². The first kappa shape index (κ1) is 12.5. The fourth-order valence-corrected chi connectivity index (χ4v) is 3.91. The summed E-state index contributed by atoms with van der Waals surface area (Å²) >= 11 is 0. The normalized spacial score (nSPS) is 34.4. The second-order valence-electron chi connectivity index (χ2n) is 5.85. The van der Waals surface area contributed by atoms with E-state index < -0.39 is 5.41 Å². The summed E-state index contributed by atoms with van der Waals surface area (Å²) in [5.41, 5.74) is 0.117. The minimum absolute atomic E-state index is 0.0643. The molecule has 0 N–H and O–H groups in total. The molecule has 0 radical (unpaired) electrons. The molecule has 2 aliphatic rings. The van der Waals surface area contributed by atoms with Gasteiger partial charge in [-0.3, -0.25) is 9.59 Å². The Kier molecular flexibility index (Phi) is 2.80. The molecule has 2 saturated carbocycles. The lowest BCUT2D eigenvalue weighted by atomic mass is 9.72. The van der Waals surface area contributed by atoms with Gasteiger partial charge in [-0.25, -0.2) is 4.39 Å². The number of ketones is 2. The molecule has 0 unspecified atom stereocenters. The van der Waals surface area contributed by atoms with Crippen LogP contribution in [-0.4, -0.2) is 11.6 Å². The Balaban J connectivity index is 2.07. The van der Waals surface area contributed by atoms with E-state index >= 15 is 0 Å². The summed E-state index contributed by atoms with van der Waals surface area (Å²) in [6.07, 6.45) is 2.68. The molecule has 3 heteroatoms. The smallest absolute Gasteiger partial charge is 0.149 e. The number of Topliss-reactive ketones (excluding diaryl/α,β-unsaturated/α-hetero) is 2. The van der Waals surface area contributed by atoms with E-state index in [2.05, 4.69) is 0 Å². The molecular weight excluding hydrogens is 243 g/mol. The van der Waals surface area contributed by atoms with Crippen molar-refractivity contribution in [3.63, 3.8) is 0 Å². The van der Waals surface area contributed by atoms with Crippen molar-refractivity contribution < 1.29 is 14.0 Å². The quantitative estimate of drug-likeness (QED) is 0.726. The van der Waals surface area contributed by atoms with Gasteiger partial charge in [0.1, 0.15) is 17.4 Å². The van der Waals surface area contributed by atoms with E-state index in [1.807, 2.05) is 6.92 Å². The molecule has 2 aliphatic carbocycles. The summed E-state index contributed by atoms with van der Waals surface area (Å²) in [4.78, 5) is 24.8. The molecule has 0 aromatic heterocycles. The zero-order chi connectivity index (χ0) is 13.6. The van der Waals surface area contributed by atoms with Crippen molar-refractivity contribution in [3.8, 4) is 0 Å². The van der Waals surface area contributed by atoms with E-state index in [1.165, 1.54) is 12.1 Å². The highest BCUT2D eigenvalue weighted by Crippen LogP contribution is 2.56. The van der Waals surface area contributed by atoms with E-state index in [1.54, 1.807) is 12.1 Å². The van der Waals surface area contributed by atoms with Crippen LogP contribution in [0.15, 0.2) is 24.3 Å². The maximum absolute atomic E-state index is 13.0. The molecule has 0 heterocycles. The highest BCUT2D eigenvalue weighted by atomic mass is 19.1. The first-order valence-corrected chi connectivity index (χ1v) is 6.89. The van der Waals surface area contributed by atoms with Gasteiger partial charge in [-0.15, -0.1) is 0 Å². The first-order chi connectivity index (χ1) is 9.05. The molecule has 100 valence electrons. The molecule has 3 atom stereocenters. The Morgan fingerprint density at radius 1 is 1.21 bits per heavy atom. The molecular formula is C16H17FO2. The molecule has 0 aliphatic heterocycles. The molecule has 2 nitrogen and oxygen atoms in total. The summed E-state index contributed by atoms with van der Waals surface area (Å²) in [6, 6.07) is 6.27. The van der Waals surface area contributed by atoms with Crippen LogP contribution < -0.4 is 0 Å².